The van der Waals surface area contributed by atoms with Gasteiger partial charge in [0.1, 0.15) is 0 Å². The lowest BCUT2D eigenvalue weighted by Crippen LogP contribution is -3.00. The van der Waals surface area contributed by atoms with E-state index >= 15 is 0 Å². The maximum absolute atomic E-state index is 2.53. The monoisotopic (exact) mass is 586 g/mol. The highest BCUT2D eigenvalue weighted by molar-refractivity contribution is 4.64. The van der Waals surface area contributed by atoms with Gasteiger partial charge in [-0.3, -0.25) is 0 Å². The van der Waals surface area contributed by atoms with Crippen molar-refractivity contribution in [2.75, 3.05) is 27.2 Å². The zero-order valence-electron chi connectivity index (χ0n) is 29.4. The molecule has 0 heterocycles. The van der Waals surface area contributed by atoms with Gasteiger partial charge in [0.05, 0.1) is 27.2 Å². The summed E-state index contributed by atoms with van der Waals surface area (Å²) in [7, 11) is 5.05. The second kappa shape index (κ2) is 30.7. The van der Waals surface area contributed by atoms with Crippen molar-refractivity contribution < 1.29 is 16.9 Å². The molecular weight excluding hydrogens is 506 g/mol. The summed E-state index contributed by atoms with van der Waals surface area (Å²) >= 11 is 0. The minimum Gasteiger partial charge on any atom is -1.00 e. The van der Waals surface area contributed by atoms with Crippen molar-refractivity contribution >= 4 is 0 Å². The highest BCUT2D eigenvalue weighted by atomic mass is 35.5. The van der Waals surface area contributed by atoms with Gasteiger partial charge in [-0.1, -0.05) is 176 Å². The van der Waals surface area contributed by atoms with Gasteiger partial charge < -0.3 is 16.9 Å². The van der Waals surface area contributed by atoms with Crippen LogP contribution in [-0.4, -0.2) is 31.7 Å². The summed E-state index contributed by atoms with van der Waals surface area (Å²) < 4.78 is 1.25. The summed E-state index contributed by atoms with van der Waals surface area (Å²) in [5.41, 5.74) is 0. The SMILES string of the molecule is CCCCCCCCCCCC(C)CCCCC(CCC(C)CCC)C[N+](C)(C)CCCCCCCCCC.[Cl-]. The van der Waals surface area contributed by atoms with Gasteiger partial charge in [-0.25, -0.2) is 0 Å². The van der Waals surface area contributed by atoms with E-state index in [2.05, 4.69) is 48.7 Å². The maximum Gasteiger partial charge on any atom is 0.0811 e. The zero-order valence-corrected chi connectivity index (χ0v) is 30.1. The molecular formula is C38H80ClN. The lowest BCUT2D eigenvalue weighted by molar-refractivity contribution is -0.894. The van der Waals surface area contributed by atoms with E-state index in [9.17, 15) is 0 Å². The molecule has 0 aliphatic rings. The van der Waals surface area contributed by atoms with Crippen LogP contribution in [0.4, 0.5) is 0 Å². The Labute approximate surface area is 262 Å². The fraction of sp³-hybridized carbons (Fsp3) is 1.00. The van der Waals surface area contributed by atoms with Crippen LogP contribution in [-0.2, 0) is 0 Å². The fourth-order valence-corrected chi connectivity index (χ4v) is 6.82. The molecule has 0 rings (SSSR count). The number of unbranched alkanes of at least 4 members (excludes halogenated alkanes) is 16. The second-order valence-electron chi connectivity index (χ2n) is 14.7. The van der Waals surface area contributed by atoms with Crippen molar-refractivity contribution in [3.05, 3.63) is 0 Å². The topological polar surface area (TPSA) is 0 Å². The Hall–Kier alpha value is 0.250. The summed E-state index contributed by atoms with van der Waals surface area (Å²) in [4.78, 5) is 0. The molecule has 0 aliphatic heterocycles. The molecule has 3 atom stereocenters. The molecule has 0 radical (unpaired) electrons. The van der Waals surface area contributed by atoms with Gasteiger partial charge in [0.2, 0.25) is 0 Å². The molecule has 0 bridgehead atoms. The van der Waals surface area contributed by atoms with Crippen molar-refractivity contribution in [2.45, 2.75) is 202 Å². The number of nitrogens with zero attached hydrogens (tertiary/aromatic N) is 1. The van der Waals surface area contributed by atoms with Gasteiger partial charge in [0, 0.05) is 5.92 Å². The van der Waals surface area contributed by atoms with Gasteiger partial charge >= 0.3 is 0 Å². The first-order chi connectivity index (χ1) is 18.8. The van der Waals surface area contributed by atoms with E-state index in [4.69, 9.17) is 0 Å². The van der Waals surface area contributed by atoms with Crippen molar-refractivity contribution in [1.29, 1.82) is 0 Å². The van der Waals surface area contributed by atoms with Gasteiger partial charge in [-0.2, -0.15) is 0 Å². The van der Waals surface area contributed by atoms with Crippen LogP contribution in [0.1, 0.15) is 202 Å². The number of hydrogen-bond donors (Lipinski definition) is 0. The molecule has 0 aromatic carbocycles. The molecule has 0 aromatic rings. The van der Waals surface area contributed by atoms with Crippen LogP contribution < -0.4 is 12.4 Å². The van der Waals surface area contributed by atoms with E-state index in [1.165, 1.54) is 185 Å². The smallest absolute Gasteiger partial charge is 0.0811 e. The third-order valence-corrected chi connectivity index (χ3v) is 9.58. The van der Waals surface area contributed by atoms with E-state index in [-0.39, 0.29) is 12.4 Å². The molecule has 0 fully saturated rings. The lowest BCUT2D eigenvalue weighted by Gasteiger charge is -2.34. The average Bonchev–Trinajstić information content (AvgIpc) is 2.90. The predicted octanol–water partition coefficient (Wildman–Crippen LogP) is 10.2. The van der Waals surface area contributed by atoms with E-state index < -0.39 is 0 Å². The first kappa shape index (κ1) is 42.4. The predicted molar refractivity (Wildman–Crippen MR) is 181 cm³/mol. The van der Waals surface area contributed by atoms with Crippen LogP contribution in [0.2, 0.25) is 0 Å². The highest BCUT2D eigenvalue weighted by Crippen LogP contribution is 2.25. The molecule has 0 saturated heterocycles. The van der Waals surface area contributed by atoms with Crippen LogP contribution in [0, 0.1) is 17.8 Å². The van der Waals surface area contributed by atoms with Gasteiger partial charge in [-0.15, -0.1) is 0 Å². The van der Waals surface area contributed by atoms with Crippen LogP contribution in [0.5, 0.6) is 0 Å². The Balaban J connectivity index is 0. The third kappa shape index (κ3) is 29.7. The van der Waals surface area contributed by atoms with Crippen LogP contribution in [0.3, 0.4) is 0 Å². The van der Waals surface area contributed by atoms with Crippen molar-refractivity contribution in [1.82, 2.24) is 0 Å². The summed E-state index contributed by atoms with van der Waals surface area (Å²) in [5.74, 6) is 2.78. The standard InChI is InChI=1S/C38H80N.ClH/c1-8-11-13-15-17-19-20-22-24-29-37(5)30-25-26-31-38(33-32-36(4)28-10-3)35-39(6,7)34-27-23-21-18-16-14-12-9-2;/h36-38H,8-35H2,1-7H3;1H/q+1;/p-1. The molecule has 1 nitrogen and oxygen atoms in total. The first-order valence-electron chi connectivity index (χ1n) is 18.7. The molecule has 2 heteroatoms. The van der Waals surface area contributed by atoms with Crippen LogP contribution >= 0.6 is 0 Å². The minimum atomic E-state index is 0. The van der Waals surface area contributed by atoms with Crippen molar-refractivity contribution in [2.24, 2.45) is 17.8 Å². The fourth-order valence-electron chi connectivity index (χ4n) is 6.82. The van der Waals surface area contributed by atoms with Gasteiger partial charge in [0.15, 0.2) is 0 Å². The molecule has 3 unspecified atom stereocenters. The largest absolute Gasteiger partial charge is 1.00 e. The summed E-state index contributed by atoms with van der Waals surface area (Å²) in [6.45, 7) is 14.8. The molecule has 0 saturated carbocycles. The summed E-state index contributed by atoms with van der Waals surface area (Å²) in [6.07, 6.45) is 37.6. The molecule has 0 spiro atoms. The highest BCUT2D eigenvalue weighted by Gasteiger charge is 2.22. The van der Waals surface area contributed by atoms with E-state index in [1.54, 1.807) is 0 Å². The Morgan fingerprint density at radius 2 is 0.800 bits per heavy atom. The second-order valence-corrected chi connectivity index (χ2v) is 14.7. The van der Waals surface area contributed by atoms with Gasteiger partial charge in [-0.05, 0) is 37.5 Å². The lowest BCUT2D eigenvalue weighted by atomic mass is 9.89. The molecule has 0 aromatic heterocycles. The Bertz CT molecular complexity index is 476. The molecule has 40 heavy (non-hydrogen) atoms. The Morgan fingerprint density at radius 3 is 1.30 bits per heavy atom. The normalized spacial score (nSPS) is 14.2. The first-order valence-corrected chi connectivity index (χ1v) is 18.7. The minimum absolute atomic E-state index is 0. The third-order valence-electron chi connectivity index (χ3n) is 9.58. The van der Waals surface area contributed by atoms with E-state index in [0.29, 0.717) is 0 Å². The number of halogens is 1. The molecule has 244 valence electrons. The zero-order chi connectivity index (χ0) is 29.0. The van der Waals surface area contributed by atoms with Gasteiger partial charge in [0.25, 0.3) is 0 Å². The number of hydrogen-bond acceptors (Lipinski definition) is 0. The molecule has 0 amide bonds. The quantitative estimate of drug-likeness (QED) is 0.0560. The van der Waals surface area contributed by atoms with Crippen LogP contribution in [0.25, 0.3) is 0 Å². The summed E-state index contributed by atoms with van der Waals surface area (Å²) in [6, 6.07) is 0. The number of quaternary nitrogens is 1. The molecule has 0 N–H and O–H groups in total. The van der Waals surface area contributed by atoms with E-state index in [0.717, 1.165) is 17.8 Å². The van der Waals surface area contributed by atoms with E-state index in [1.807, 2.05) is 0 Å². The average molecular weight is 587 g/mol. The maximum atomic E-state index is 2.53. The van der Waals surface area contributed by atoms with Crippen LogP contribution in [0.15, 0.2) is 0 Å². The van der Waals surface area contributed by atoms with Crippen molar-refractivity contribution in [3.8, 4) is 0 Å². The summed E-state index contributed by atoms with van der Waals surface area (Å²) in [5, 5.41) is 0. The van der Waals surface area contributed by atoms with Crippen molar-refractivity contribution in [3.63, 3.8) is 0 Å². The Kier molecular flexibility index (Phi) is 32.5. The molecule has 0 aliphatic carbocycles. The Morgan fingerprint density at radius 1 is 0.400 bits per heavy atom. The number of rotatable bonds is 31.